The minimum atomic E-state index is -1.37. The SMILES string of the molecule is CC(=O)O[C@@H]1O[C@@H](C)[C@H](OC(=O)c2ccccc2)[C@@H](OC(=O)c2ccccc2)[C@H]1OC(C)=O. The van der Waals surface area contributed by atoms with Crippen molar-refractivity contribution >= 4 is 23.9 Å². The molecule has 174 valence electrons. The van der Waals surface area contributed by atoms with Crippen LogP contribution in [0.15, 0.2) is 60.7 Å². The smallest absolute Gasteiger partial charge is 0.338 e. The van der Waals surface area contributed by atoms with E-state index in [-0.39, 0.29) is 11.1 Å². The molecule has 1 heterocycles. The van der Waals surface area contributed by atoms with Crippen LogP contribution in [0.5, 0.6) is 0 Å². The summed E-state index contributed by atoms with van der Waals surface area (Å²) in [5.74, 6) is -2.86. The van der Waals surface area contributed by atoms with Gasteiger partial charge in [0.25, 0.3) is 0 Å². The van der Waals surface area contributed by atoms with Gasteiger partial charge in [0.15, 0.2) is 12.2 Å². The highest BCUT2D eigenvalue weighted by Crippen LogP contribution is 2.30. The minimum Gasteiger partial charge on any atom is -0.452 e. The van der Waals surface area contributed by atoms with Crippen LogP contribution >= 0.6 is 0 Å². The van der Waals surface area contributed by atoms with Gasteiger partial charge in [0, 0.05) is 13.8 Å². The third-order valence-corrected chi connectivity index (χ3v) is 4.82. The molecule has 1 fully saturated rings. The van der Waals surface area contributed by atoms with Crippen molar-refractivity contribution in [2.45, 2.75) is 51.5 Å². The van der Waals surface area contributed by atoms with Crippen molar-refractivity contribution in [3.63, 3.8) is 0 Å². The Morgan fingerprint density at radius 2 is 1.09 bits per heavy atom. The molecule has 2 aromatic rings. The van der Waals surface area contributed by atoms with Crippen LogP contribution < -0.4 is 0 Å². The summed E-state index contributed by atoms with van der Waals surface area (Å²) in [4.78, 5) is 49.0. The summed E-state index contributed by atoms with van der Waals surface area (Å²) >= 11 is 0. The second kappa shape index (κ2) is 10.7. The number of ether oxygens (including phenoxy) is 5. The highest BCUT2D eigenvalue weighted by atomic mass is 16.7. The summed E-state index contributed by atoms with van der Waals surface area (Å²) in [6.45, 7) is 3.86. The molecule has 0 aliphatic carbocycles. The molecule has 9 nitrogen and oxygen atoms in total. The van der Waals surface area contributed by atoms with Crippen LogP contribution in [0.3, 0.4) is 0 Å². The first-order valence-corrected chi connectivity index (χ1v) is 10.3. The van der Waals surface area contributed by atoms with Crippen LogP contribution in [-0.2, 0) is 33.3 Å². The Balaban J connectivity index is 1.94. The Labute approximate surface area is 190 Å². The first-order chi connectivity index (χ1) is 15.8. The fourth-order valence-corrected chi connectivity index (χ4v) is 3.38. The van der Waals surface area contributed by atoms with Crippen molar-refractivity contribution in [1.29, 1.82) is 0 Å². The summed E-state index contributed by atoms with van der Waals surface area (Å²) < 4.78 is 27.4. The Kier molecular flexibility index (Phi) is 7.78. The average Bonchev–Trinajstić information content (AvgIpc) is 2.79. The van der Waals surface area contributed by atoms with Crippen LogP contribution in [0.1, 0.15) is 41.5 Å². The van der Waals surface area contributed by atoms with Gasteiger partial charge in [-0.15, -0.1) is 0 Å². The molecule has 2 aromatic carbocycles. The van der Waals surface area contributed by atoms with E-state index in [0.29, 0.717) is 0 Å². The third kappa shape index (κ3) is 6.17. The number of esters is 4. The maximum absolute atomic E-state index is 12.8. The van der Waals surface area contributed by atoms with E-state index in [2.05, 4.69) is 0 Å². The van der Waals surface area contributed by atoms with E-state index in [1.165, 1.54) is 0 Å². The molecule has 0 unspecified atom stereocenters. The number of carbonyl (C=O) groups excluding carboxylic acids is 4. The van der Waals surface area contributed by atoms with Crippen molar-refractivity contribution in [3.8, 4) is 0 Å². The molecule has 3 rings (SSSR count). The summed E-state index contributed by atoms with van der Waals surface area (Å²) in [6, 6.07) is 16.3. The zero-order chi connectivity index (χ0) is 24.0. The molecule has 5 atom stereocenters. The fourth-order valence-electron chi connectivity index (χ4n) is 3.38. The van der Waals surface area contributed by atoms with E-state index < -0.39 is 54.6 Å². The predicted molar refractivity (Wildman–Crippen MR) is 113 cm³/mol. The molecule has 0 aromatic heterocycles. The predicted octanol–water partition coefficient (Wildman–Crippen LogP) is 2.68. The Bertz CT molecular complexity index is 990. The van der Waals surface area contributed by atoms with Gasteiger partial charge < -0.3 is 23.7 Å². The van der Waals surface area contributed by atoms with Gasteiger partial charge in [-0.3, -0.25) is 9.59 Å². The van der Waals surface area contributed by atoms with E-state index in [1.54, 1.807) is 67.6 Å². The molecule has 33 heavy (non-hydrogen) atoms. The lowest BCUT2D eigenvalue weighted by molar-refractivity contribution is -0.286. The average molecular weight is 456 g/mol. The Hall–Kier alpha value is -3.72. The molecule has 0 bridgehead atoms. The summed E-state index contributed by atoms with van der Waals surface area (Å²) in [6.07, 6.45) is -6.10. The fraction of sp³-hybridized carbons (Fsp3) is 0.333. The molecular weight excluding hydrogens is 432 g/mol. The molecule has 0 N–H and O–H groups in total. The van der Waals surface area contributed by atoms with Gasteiger partial charge in [-0.05, 0) is 31.2 Å². The molecule has 0 spiro atoms. The van der Waals surface area contributed by atoms with Crippen LogP contribution in [-0.4, -0.2) is 54.6 Å². The zero-order valence-electron chi connectivity index (χ0n) is 18.3. The van der Waals surface area contributed by atoms with E-state index in [4.69, 9.17) is 23.7 Å². The van der Waals surface area contributed by atoms with E-state index in [9.17, 15) is 19.2 Å². The van der Waals surface area contributed by atoms with Gasteiger partial charge in [0.2, 0.25) is 12.4 Å². The second-order valence-electron chi connectivity index (χ2n) is 7.36. The largest absolute Gasteiger partial charge is 0.452 e. The number of benzene rings is 2. The van der Waals surface area contributed by atoms with Crippen LogP contribution in [0.4, 0.5) is 0 Å². The molecule has 1 aliphatic heterocycles. The van der Waals surface area contributed by atoms with Crippen molar-refractivity contribution in [3.05, 3.63) is 71.8 Å². The van der Waals surface area contributed by atoms with Crippen LogP contribution in [0.25, 0.3) is 0 Å². The molecule has 0 radical (unpaired) electrons. The highest BCUT2D eigenvalue weighted by Gasteiger charge is 2.52. The van der Waals surface area contributed by atoms with Crippen molar-refractivity contribution < 1.29 is 42.9 Å². The highest BCUT2D eigenvalue weighted by molar-refractivity contribution is 5.90. The van der Waals surface area contributed by atoms with Gasteiger partial charge in [0.1, 0.15) is 0 Å². The van der Waals surface area contributed by atoms with Crippen molar-refractivity contribution in [1.82, 2.24) is 0 Å². The molecular formula is C24H24O9. The standard InChI is InChI=1S/C24H24O9/c1-14-19(32-22(27)17-10-6-4-7-11-17)20(33-23(28)18-12-8-5-9-13-18)21(30-15(2)25)24(29-14)31-16(3)26/h4-14,19-21,24H,1-3H3/t14-,19-,20+,21+,24-/m0/s1. The lowest BCUT2D eigenvalue weighted by atomic mass is 9.98. The Morgan fingerprint density at radius 1 is 0.636 bits per heavy atom. The summed E-state index contributed by atoms with van der Waals surface area (Å²) in [7, 11) is 0. The summed E-state index contributed by atoms with van der Waals surface area (Å²) in [5.41, 5.74) is 0.499. The quantitative estimate of drug-likeness (QED) is 0.478. The van der Waals surface area contributed by atoms with E-state index in [1.807, 2.05) is 0 Å². The van der Waals surface area contributed by atoms with Crippen molar-refractivity contribution in [2.24, 2.45) is 0 Å². The number of hydrogen-bond acceptors (Lipinski definition) is 9. The number of hydrogen-bond donors (Lipinski definition) is 0. The van der Waals surface area contributed by atoms with Crippen LogP contribution in [0.2, 0.25) is 0 Å². The topological polar surface area (TPSA) is 114 Å². The molecule has 1 saturated heterocycles. The molecule has 0 saturated carbocycles. The van der Waals surface area contributed by atoms with E-state index >= 15 is 0 Å². The molecule has 0 amide bonds. The monoisotopic (exact) mass is 456 g/mol. The maximum atomic E-state index is 12.8. The molecule has 1 aliphatic rings. The van der Waals surface area contributed by atoms with Gasteiger partial charge in [0.05, 0.1) is 17.2 Å². The first kappa shape index (κ1) is 23.9. The minimum absolute atomic E-state index is 0.232. The third-order valence-electron chi connectivity index (χ3n) is 4.82. The van der Waals surface area contributed by atoms with Crippen molar-refractivity contribution in [2.75, 3.05) is 0 Å². The maximum Gasteiger partial charge on any atom is 0.338 e. The van der Waals surface area contributed by atoms with E-state index in [0.717, 1.165) is 13.8 Å². The second-order valence-corrected chi connectivity index (χ2v) is 7.36. The normalized spacial score (nSPS) is 24.3. The zero-order valence-corrected chi connectivity index (χ0v) is 18.3. The lowest BCUT2D eigenvalue weighted by Crippen LogP contribution is -2.61. The summed E-state index contributed by atoms with van der Waals surface area (Å²) in [5, 5.41) is 0. The van der Waals surface area contributed by atoms with Gasteiger partial charge in [-0.25, -0.2) is 9.59 Å². The lowest BCUT2D eigenvalue weighted by Gasteiger charge is -2.43. The van der Waals surface area contributed by atoms with Crippen LogP contribution in [0, 0.1) is 0 Å². The molecule has 9 heteroatoms. The van der Waals surface area contributed by atoms with Gasteiger partial charge in [-0.1, -0.05) is 36.4 Å². The Morgan fingerprint density at radius 3 is 1.55 bits per heavy atom. The first-order valence-electron chi connectivity index (χ1n) is 10.3. The number of carbonyl (C=O) groups is 4. The van der Waals surface area contributed by atoms with Gasteiger partial charge in [-0.2, -0.15) is 0 Å². The van der Waals surface area contributed by atoms with Gasteiger partial charge >= 0.3 is 23.9 Å². The number of rotatable bonds is 6.